The number of hydrogen-bond acceptors (Lipinski definition) is 4. The molecule has 3 nitrogen and oxygen atoms in total. The average molecular weight is 275 g/mol. The normalized spacial score (nSPS) is 12.8. The molecule has 1 atom stereocenters. The predicted octanol–water partition coefficient (Wildman–Crippen LogP) is 3.55. The van der Waals surface area contributed by atoms with Crippen LogP contribution in [-0.4, -0.2) is 16.1 Å². The number of benzene rings is 1. The van der Waals surface area contributed by atoms with Gasteiger partial charge in [-0.1, -0.05) is 49.5 Å². The second-order valence-electron chi connectivity index (χ2n) is 5.04. The van der Waals surface area contributed by atoms with Crippen LogP contribution < -0.4 is 5.32 Å². The van der Waals surface area contributed by atoms with Crippen molar-refractivity contribution in [2.75, 3.05) is 6.54 Å². The number of nitrogens with one attached hydrogen (secondary N) is 1. The zero-order valence-electron chi connectivity index (χ0n) is 11.8. The van der Waals surface area contributed by atoms with Crippen molar-refractivity contribution in [2.45, 2.75) is 39.2 Å². The standard InChI is InChI=1S/C15H21N3S/c1-4-16-14(15-10-19-18-17-15)9-12-5-7-13(8-6-12)11(2)3/h5-8,10-11,14,16H,4,9H2,1-3H3. The fraction of sp³-hybridized carbons (Fsp3) is 0.467. The summed E-state index contributed by atoms with van der Waals surface area (Å²) in [6.45, 7) is 7.50. The lowest BCUT2D eigenvalue weighted by molar-refractivity contribution is 0.535. The number of likely N-dealkylation sites (N-methyl/N-ethyl adjacent to an activating group) is 1. The van der Waals surface area contributed by atoms with Gasteiger partial charge in [-0.15, -0.1) is 5.10 Å². The molecule has 0 fully saturated rings. The molecule has 1 unspecified atom stereocenters. The molecule has 0 saturated carbocycles. The van der Waals surface area contributed by atoms with Crippen LogP contribution in [0.1, 0.15) is 49.6 Å². The van der Waals surface area contributed by atoms with Gasteiger partial charge in [-0.3, -0.25) is 0 Å². The van der Waals surface area contributed by atoms with Crippen molar-refractivity contribution < 1.29 is 0 Å². The van der Waals surface area contributed by atoms with E-state index in [9.17, 15) is 0 Å². The Balaban J connectivity index is 2.09. The number of aromatic nitrogens is 2. The van der Waals surface area contributed by atoms with E-state index in [1.807, 2.05) is 5.38 Å². The third kappa shape index (κ3) is 3.85. The molecule has 0 spiro atoms. The Bertz CT molecular complexity index is 477. The fourth-order valence-electron chi connectivity index (χ4n) is 2.13. The molecule has 19 heavy (non-hydrogen) atoms. The Kier molecular flexibility index (Phi) is 5.05. The first-order chi connectivity index (χ1) is 9.20. The minimum absolute atomic E-state index is 0.258. The second kappa shape index (κ2) is 6.78. The highest BCUT2D eigenvalue weighted by molar-refractivity contribution is 7.03. The zero-order valence-corrected chi connectivity index (χ0v) is 12.6. The molecule has 0 radical (unpaired) electrons. The summed E-state index contributed by atoms with van der Waals surface area (Å²) in [6.07, 6.45) is 0.956. The van der Waals surface area contributed by atoms with E-state index in [-0.39, 0.29) is 6.04 Å². The topological polar surface area (TPSA) is 37.8 Å². The molecular weight excluding hydrogens is 254 g/mol. The van der Waals surface area contributed by atoms with E-state index in [2.05, 4.69) is 59.9 Å². The molecule has 1 N–H and O–H groups in total. The van der Waals surface area contributed by atoms with Gasteiger partial charge in [0.2, 0.25) is 0 Å². The first-order valence-corrected chi connectivity index (χ1v) is 7.63. The average Bonchev–Trinajstić information content (AvgIpc) is 2.92. The highest BCUT2D eigenvalue weighted by Gasteiger charge is 2.13. The Morgan fingerprint density at radius 2 is 1.95 bits per heavy atom. The molecule has 1 aromatic heterocycles. The van der Waals surface area contributed by atoms with Crippen molar-refractivity contribution in [3.63, 3.8) is 0 Å². The van der Waals surface area contributed by atoms with Gasteiger partial charge in [-0.2, -0.15) is 0 Å². The molecule has 2 aromatic rings. The third-order valence-corrected chi connectivity index (χ3v) is 3.79. The molecule has 0 amide bonds. The van der Waals surface area contributed by atoms with Crippen LogP contribution in [0.2, 0.25) is 0 Å². The van der Waals surface area contributed by atoms with Crippen LogP contribution in [0.25, 0.3) is 0 Å². The smallest absolute Gasteiger partial charge is 0.0928 e. The van der Waals surface area contributed by atoms with Crippen molar-refractivity contribution >= 4 is 11.5 Å². The summed E-state index contributed by atoms with van der Waals surface area (Å²) in [5.41, 5.74) is 3.77. The van der Waals surface area contributed by atoms with E-state index in [1.54, 1.807) is 0 Å². The van der Waals surface area contributed by atoms with Crippen molar-refractivity contribution in [3.05, 3.63) is 46.5 Å². The first kappa shape index (κ1) is 14.2. The fourth-order valence-corrected chi connectivity index (χ4v) is 2.63. The minimum Gasteiger partial charge on any atom is -0.309 e. The molecule has 0 aliphatic carbocycles. The largest absolute Gasteiger partial charge is 0.309 e. The molecule has 0 aliphatic rings. The highest BCUT2D eigenvalue weighted by Crippen LogP contribution is 2.20. The third-order valence-electron chi connectivity index (χ3n) is 3.27. The van der Waals surface area contributed by atoms with Gasteiger partial charge in [-0.05, 0) is 41.5 Å². The van der Waals surface area contributed by atoms with E-state index in [0.717, 1.165) is 18.7 Å². The van der Waals surface area contributed by atoms with Crippen LogP contribution in [0, 0.1) is 0 Å². The van der Waals surface area contributed by atoms with Gasteiger partial charge in [0.1, 0.15) is 0 Å². The van der Waals surface area contributed by atoms with Crippen LogP contribution in [-0.2, 0) is 6.42 Å². The summed E-state index contributed by atoms with van der Waals surface area (Å²) in [5.74, 6) is 0.585. The Labute approximate surface area is 119 Å². The van der Waals surface area contributed by atoms with E-state index in [1.165, 1.54) is 22.7 Å². The summed E-state index contributed by atoms with van der Waals surface area (Å²) in [6, 6.07) is 9.15. The summed E-state index contributed by atoms with van der Waals surface area (Å²) in [7, 11) is 0. The molecule has 0 aliphatic heterocycles. The van der Waals surface area contributed by atoms with Crippen molar-refractivity contribution in [1.29, 1.82) is 0 Å². The Hall–Kier alpha value is -1.26. The van der Waals surface area contributed by atoms with Crippen molar-refractivity contribution in [1.82, 2.24) is 14.9 Å². The summed E-state index contributed by atoms with van der Waals surface area (Å²) in [5, 5.41) is 9.68. The second-order valence-corrected chi connectivity index (χ2v) is 5.65. The predicted molar refractivity (Wildman–Crippen MR) is 80.6 cm³/mol. The maximum atomic E-state index is 4.18. The van der Waals surface area contributed by atoms with Gasteiger partial charge in [0.25, 0.3) is 0 Å². The first-order valence-electron chi connectivity index (χ1n) is 6.80. The maximum absolute atomic E-state index is 4.18. The maximum Gasteiger partial charge on any atom is 0.0928 e. The van der Waals surface area contributed by atoms with Crippen LogP contribution >= 0.6 is 11.5 Å². The highest BCUT2D eigenvalue weighted by atomic mass is 32.1. The van der Waals surface area contributed by atoms with E-state index < -0.39 is 0 Å². The van der Waals surface area contributed by atoms with Gasteiger partial charge in [0, 0.05) is 5.38 Å². The molecule has 1 heterocycles. The lowest BCUT2D eigenvalue weighted by atomic mass is 9.98. The van der Waals surface area contributed by atoms with Crippen molar-refractivity contribution in [3.8, 4) is 0 Å². The molecule has 2 rings (SSSR count). The van der Waals surface area contributed by atoms with Crippen molar-refractivity contribution in [2.24, 2.45) is 0 Å². The Morgan fingerprint density at radius 3 is 2.47 bits per heavy atom. The quantitative estimate of drug-likeness (QED) is 0.876. The number of hydrogen-bond donors (Lipinski definition) is 1. The Morgan fingerprint density at radius 1 is 1.21 bits per heavy atom. The van der Waals surface area contributed by atoms with Gasteiger partial charge in [0.15, 0.2) is 0 Å². The van der Waals surface area contributed by atoms with Crippen LogP contribution in [0.4, 0.5) is 0 Å². The molecule has 1 aromatic carbocycles. The summed E-state index contributed by atoms with van der Waals surface area (Å²) >= 11 is 1.41. The lowest BCUT2D eigenvalue weighted by Crippen LogP contribution is -2.23. The summed E-state index contributed by atoms with van der Waals surface area (Å²) in [4.78, 5) is 0. The molecular formula is C15H21N3S. The summed E-state index contributed by atoms with van der Waals surface area (Å²) < 4.78 is 3.96. The SMILES string of the molecule is CCNC(Cc1ccc(C(C)C)cc1)c1csnn1. The molecule has 0 bridgehead atoms. The van der Waals surface area contributed by atoms with Gasteiger partial charge in [-0.25, -0.2) is 0 Å². The van der Waals surface area contributed by atoms with Crippen LogP contribution in [0.5, 0.6) is 0 Å². The van der Waals surface area contributed by atoms with Crippen LogP contribution in [0.3, 0.4) is 0 Å². The monoisotopic (exact) mass is 275 g/mol. The van der Waals surface area contributed by atoms with Crippen LogP contribution in [0.15, 0.2) is 29.6 Å². The number of nitrogens with zero attached hydrogens (tertiary/aromatic N) is 2. The molecule has 102 valence electrons. The number of rotatable bonds is 6. The van der Waals surface area contributed by atoms with E-state index >= 15 is 0 Å². The van der Waals surface area contributed by atoms with E-state index in [4.69, 9.17) is 0 Å². The molecule has 4 heteroatoms. The van der Waals surface area contributed by atoms with Gasteiger partial charge < -0.3 is 5.32 Å². The van der Waals surface area contributed by atoms with E-state index in [0.29, 0.717) is 5.92 Å². The lowest BCUT2D eigenvalue weighted by Gasteiger charge is -2.15. The zero-order chi connectivity index (χ0) is 13.7. The molecule has 0 saturated heterocycles. The van der Waals surface area contributed by atoms with Gasteiger partial charge >= 0.3 is 0 Å². The minimum atomic E-state index is 0.258. The van der Waals surface area contributed by atoms with Gasteiger partial charge in [0.05, 0.1) is 11.7 Å².